The first-order valence-electron chi connectivity index (χ1n) is 17.5. The zero-order valence-corrected chi connectivity index (χ0v) is 27.8. The number of phenolic OH excluding ortho intramolecular Hbond substituents is 1. The molecule has 2 aromatic carbocycles. The molecular formula is C38H40F3N5O4. The van der Waals surface area contributed by atoms with Crippen LogP contribution in [0.3, 0.4) is 0 Å². The number of piperidine rings is 1. The van der Waals surface area contributed by atoms with E-state index in [2.05, 4.69) is 21.2 Å². The number of nitrogens with zero attached hydrogens (tertiary/aromatic N) is 4. The van der Waals surface area contributed by atoms with Gasteiger partial charge in [-0.15, -0.1) is 6.42 Å². The van der Waals surface area contributed by atoms with Crippen molar-refractivity contribution in [3.63, 3.8) is 0 Å². The number of benzene rings is 2. The van der Waals surface area contributed by atoms with Gasteiger partial charge in [0.1, 0.15) is 34.8 Å². The highest BCUT2D eigenvalue weighted by Crippen LogP contribution is 2.57. The number of hydrogen-bond donors (Lipinski definition) is 2. The fraction of sp³-hybridized carbons (Fsp3) is 0.500. The normalized spacial score (nSPS) is 27.2. The molecule has 1 aliphatic carbocycles. The van der Waals surface area contributed by atoms with Gasteiger partial charge in [-0.1, -0.05) is 18.4 Å². The van der Waals surface area contributed by atoms with Gasteiger partial charge in [-0.25, -0.2) is 13.2 Å². The number of ether oxygens (including phenoxy) is 3. The highest BCUT2D eigenvalue weighted by molar-refractivity contribution is 6.03. The first-order valence-corrected chi connectivity index (χ1v) is 17.5. The third kappa shape index (κ3) is 5.41. The zero-order chi connectivity index (χ0) is 34.5. The number of nitrogens with one attached hydrogen (secondary N) is 1. The Bertz CT molecular complexity index is 1980. The van der Waals surface area contributed by atoms with Crippen molar-refractivity contribution in [2.24, 2.45) is 11.3 Å². The Morgan fingerprint density at radius 3 is 2.80 bits per heavy atom. The van der Waals surface area contributed by atoms with Gasteiger partial charge >= 0.3 is 6.01 Å². The second kappa shape index (κ2) is 13.2. The third-order valence-electron chi connectivity index (χ3n) is 11.5. The second-order valence-corrected chi connectivity index (χ2v) is 14.0. The molecule has 4 aliphatic rings. The molecule has 5 heterocycles. The lowest BCUT2D eigenvalue weighted by Crippen LogP contribution is -2.67. The summed E-state index contributed by atoms with van der Waals surface area (Å²) in [6.45, 7) is 3.90. The number of alkyl halides is 1. The molecule has 0 radical (unpaired) electrons. The van der Waals surface area contributed by atoms with Crippen molar-refractivity contribution < 1.29 is 32.5 Å². The molecule has 2 aromatic heterocycles. The van der Waals surface area contributed by atoms with Gasteiger partial charge in [-0.2, -0.15) is 9.97 Å². The Morgan fingerprint density at radius 2 is 1.94 bits per heavy atom. The maximum absolute atomic E-state index is 17.0. The molecule has 0 amide bonds. The van der Waals surface area contributed by atoms with Crippen LogP contribution in [-0.2, 0) is 9.47 Å². The Balaban J connectivity index is 1.24. The summed E-state index contributed by atoms with van der Waals surface area (Å²) in [6, 6.07) is 5.48. The SMILES string of the molecule is C#Cc1c(F)ccc2cc(O)cc(-c3ncc4c(N5CCCOCC5)nc(OCC56CCCNC5(C5CCOCC5F)CCC6)nc4c3F)c12. The van der Waals surface area contributed by atoms with Crippen LogP contribution >= 0.6 is 0 Å². The Hall–Kier alpha value is -4.18. The van der Waals surface area contributed by atoms with E-state index < -0.39 is 23.3 Å². The second-order valence-electron chi connectivity index (χ2n) is 14.0. The number of fused-ring (bicyclic) bond motifs is 3. The fourth-order valence-electron chi connectivity index (χ4n) is 9.23. The number of pyridine rings is 1. The van der Waals surface area contributed by atoms with Gasteiger partial charge in [0.05, 0.1) is 30.8 Å². The van der Waals surface area contributed by atoms with Gasteiger partial charge in [0.25, 0.3) is 0 Å². The smallest absolute Gasteiger partial charge is 0.319 e. The molecule has 3 aliphatic heterocycles. The molecule has 1 saturated carbocycles. The molecule has 12 heteroatoms. The molecule has 0 spiro atoms. The first-order chi connectivity index (χ1) is 24.3. The highest BCUT2D eigenvalue weighted by atomic mass is 19.1. The third-order valence-corrected chi connectivity index (χ3v) is 11.5. The number of halogens is 3. The standard InChI is InChI=1S/C38H40F3N5O4/c1-2-25-29(39)7-6-23-18-24(47)19-26(31(23)25)33-32(41)34-27(20-42-33)35(46-13-5-15-48-17-14-46)45-36(44-34)50-22-37-9-3-11-38(37,43-12-4-10-37)28-8-16-49-21-30(28)40/h1,6-7,18-20,28,30,43,47H,3-5,8-17,21-22H2. The van der Waals surface area contributed by atoms with Crippen LogP contribution in [0.4, 0.5) is 19.0 Å². The summed E-state index contributed by atoms with van der Waals surface area (Å²) in [7, 11) is 0. The van der Waals surface area contributed by atoms with Crippen molar-refractivity contribution in [2.75, 3.05) is 57.6 Å². The molecule has 262 valence electrons. The summed E-state index contributed by atoms with van der Waals surface area (Å²) in [6.07, 6.45) is 12.0. The minimum atomic E-state index is -1.07. The van der Waals surface area contributed by atoms with Crippen LogP contribution in [0.5, 0.6) is 11.8 Å². The van der Waals surface area contributed by atoms with Gasteiger partial charge < -0.3 is 29.5 Å². The van der Waals surface area contributed by atoms with Crippen LogP contribution < -0.4 is 15.0 Å². The van der Waals surface area contributed by atoms with Crippen molar-refractivity contribution in [1.82, 2.24) is 20.3 Å². The van der Waals surface area contributed by atoms with Gasteiger partial charge in [-0.05, 0) is 68.7 Å². The summed E-state index contributed by atoms with van der Waals surface area (Å²) in [5.41, 5.74) is -0.896. The van der Waals surface area contributed by atoms with E-state index in [0.717, 1.165) is 45.1 Å². The minimum absolute atomic E-state index is 0.00867. The first kappa shape index (κ1) is 33.0. The van der Waals surface area contributed by atoms with Crippen LogP contribution in [-0.4, -0.2) is 84.4 Å². The highest BCUT2D eigenvalue weighted by Gasteiger charge is 2.61. The Labute approximate surface area is 288 Å². The number of hydrogen-bond acceptors (Lipinski definition) is 9. The maximum Gasteiger partial charge on any atom is 0.319 e. The molecule has 4 unspecified atom stereocenters. The van der Waals surface area contributed by atoms with E-state index in [1.165, 1.54) is 30.5 Å². The van der Waals surface area contributed by atoms with Gasteiger partial charge in [-0.3, -0.25) is 4.98 Å². The molecule has 4 aromatic rings. The Kier molecular flexibility index (Phi) is 8.69. The maximum atomic E-state index is 17.0. The van der Waals surface area contributed by atoms with Crippen LogP contribution in [0, 0.1) is 35.3 Å². The summed E-state index contributed by atoms with van der Waals surface area (Å²) >= 11 is 0. The van der Waals surface area contributed by atoms with E-state index >= 15 is 8.78 Å². The van der Waals surface area contributed by atoms with E-state index in [1.54, 1.807) is 0 Å². The monoisotopic (exact) mass is 687 g/mol. The fourth-order valence-corrected chi connectivity index (χ4v) is 9.23. The number of aromatic hydroxyl groups is 1. The lowest BCUT2D eigenvalue weighted by molar-refractivity contribution is -0.0913. The number of rotatable bonds is 6. The molecule has 3 saturated heterocycles. The lowest BCUT2D eigenvalue weighted by atomic mass is 9.59. The number of aromatic nitrogens is 3. The van der Waals surface area contributed by atoms with E-state index in [-0.39, 0.29) is 64.0 Å². The zero-order valence-electron chi connectivity index (χ0n) is 27.8. The quantitative estimate of drug-likeness (QED) is 0.234. The van der Waals surface area contributed by atoms with Crippen molar-refractivity contribution in [1.29, 1.82) is 0 Å². The van der Waals surface area contributed by atoms with Gasteiger partial charge in [0, 0.05) is 60.3 Å². The molecule has 9 nitrogen and oxygen atoms in total. The summed E-state index contributed by atoms with van der Waals surface area (Å²) in [5, 5.41) is 15.4. The number of phenols is 1. The van der Waals surface area contributed by atoms with Gasteiger partial charge in [0.2, 0.25) is 0 Å². The van der Waals surface area contributed by atoms with Crippen molar-refractivity contribution in [3.05, 3.63) is 47.7 Å². The summed E-state index contributed by atoms with van der Waals surface area (Å²) in [5.74, 6) is 1.07. The molecule has 2 N–H and O–H groups in total. The number of terminal acetylenes is 1. The molecule has 4 fully saturated rings. The van der Waals surface area contributed by atoms with Crippen LogP contribution in [0.25, 0.3) is 32.9 Å². The van der Waals surface area contributed by atoms with Crippen LogP contribution in [0.1, 0.15) is 50.5 Å². The number of anilines is 1. The van der Waals surface area contributed by atoms with Gasteiger partial charge in [0.15, 0.2) is 5.82 Å². The average molecular weight is 688 g/mol. The predicted molar refractivity (Wildman–Crippen MR) is 183 cm³/mol. The average Bonchev–Trinajstić information content (AvgIpc) is 3.30. The largest absolute Gasteiger partial charge is 0.508 e. The van der Waals surface area contributed by atoms with Crippen molar-refractivity contribution in [3.8, 4) is 35.4 Å². The molecule has 4 atom stereocenters. The molecule has 0 bridgehead atoms. The van der Waals surface area contributed by atoms with Crippen molar-refractivity contribution >= 4 is 27.5 Å². The summed E-state index contributed by atoms with van der Waals surface area (Å²) < 4.78 is 65.1. The van der Waals surface area contributed by atoms with E-state index in [0.29, 0.717) is 55.9 Å². The summed E-state index contributed by atoms with van der Waals surface area (Å²) in [4.78, 5) is 16.0. The molecule has 8 rings (SSSR count). The molecule has 50 heavy (non-hydrogen) atoms. The van der Waals surface area contributed by atoms with E-state index in [1.807, 2.05) is 4.90 Å². The molecular weight excluding hydrogens is 647 g/mol. The van der Waals surface area contributed by atoms with E-state index in [9.17, 15) is 9.50 Å². The van der Waals surface area contributed by atoms with Crippen LogP contribution in [0.2, 0.25) is 0 Å². The minimum Gasteiger partial charge on any atom is -0.508 e. The topological polar surface area (TPSA) is 102 Å². The predicted octanol–water partition coefficient (Wildman–Crippen LogP) is 6.08. The lowest BCUT2D eigenvalue weighted by Gasteiger charge is -2.55. The van der Waals surface area contributed by atoms with Crippen LogP contribution in [0.15, 0.2) is 30.5 Å². The van der Waals surface area contributed by atoms with Crippen molar-refractivity contribution in [2.45, 2.75) is 56.7 Å². The Morgan fingerprint density at radius 1 is 1.06 bits per heavy atom. The van der Waals surface area contributed by atoms with E-state index in [4.69, 9.17) is 25.6 Å².